The zero-order valence-electron chi connectivity index (χ0n) is 11.4. The number of rotatable bonds is 2. The van der Waals surface area contributed by atoms with Gasteiger partial charge in [-0.05, 0) is 24.6 Å². The number of nitrogens with zero attached hydrogens (tertiary/aromatic N) is 1. The summed E-state index contributed by atoms with van der Waals surface area (Å²) in [5, 5.41) is 0. The summed E-state index contributed by atoms with van der Waals surface area (Å²) in [6, 6.07) is 11.7. The quantitative estimate of drug-likeness (QED) is 0.843. The minimum atomic E-state index is -0.0737. The molecule has 0 saturated carbocycles. The van der Waals surface area contributed by atoms with Gasteiger partial charge in [0.1, 0.15) is 6.10 Å². The Morgan fingerprint density at radius 3 is 2.75 bits per heavy atom. The molecule has 4 nitrogen and oxygen atoms in total. The smallest absolute Gasteiger partial charge is 0.289 e. The van der Waals surface area contributed by atoms with Gasteiger partial charge in [-0.1, -0.05) is 29.8 Å². The van der Waals surface area contributed by atoms with Crippen molar-refractivity contribution < 1.29 is 13.9 Å². The van der Waals surface area contributed by atoms with E-state index in [1.165, 1.54) is 11.8 Å². The van der Waals surface area contributed by atoms with E-state index in [0.717, 1.165) is 5.56 Å². The van der Waals surface area contributed by atoms with Crippen molar-refractivity contribution in [3.63, 3.8) is 0 Å². The molecule has 2 heterocycles. The summed E-state index contributed by atoms with van der Waals surface area (Å²) in [5.74, 6) is 0.310. The summed E-state index contributed by atoms with van der Waals surface area (Å²) in [4.78, 5) is 14.1. The number of carbonyl (C=O) groups is 1. The molecule has 1 fully saturated rings. The Hall–Kier alpha value is -2.07. The molecule has 0 bridgehead atoms. The lowest BCUT2D eigenvalue weighted by atomic mass is 10.1. The molecule has 1 saturated heterocycles. The summed E-state index contributed by atoms with van der Waals surface area (Å²) in [7, 11) is 0. The van der Waals surface area contributed by atoms with Crippen LogP contribution in [0.5, 0.6) is 0 Å². The van der Waals surface area contributed by atoms with Gasteiger partial charge in [0, 0.05) is 6.54 Å². The maximum atomic E-state index is 12.3. The zero-order chi connectivity index (χ0) is 13.9. The van der Waals surface area contributed by atoms with Crippen molar-refractivity contribution in [1.29, 1.82) is 0 Å². The predicted molar refractivity (Wildman–Crippen MR) is 74.5 cm³/mol. The Balaban J connectivity index is 1.73. The third kappa shape index (κ3) is 2.60. The summed E-state index contributed by atoms with van der Waals surface area (Å²) >= 11 is 0. The molecular weight excluding hydrogens is 254 g/mol. The standard InChI is InChI=1S/C16H17NO3/c1-12-4-6-13(7-5-12)15-11-17(8-10-20-15)16(18)14-3-2-9-19-14/h2-7,9,15H,8,10-11H2,1H3. The molecule has 0 spiro atoms. The van der Waals surface area contributed by atoms with E-state index in [4.69, 9.17) is 9.15 Å². The molecule has 1 aromatic heterocycles. The summed E-state index contributed by atoms with van der Waals surface area (Å²) < 4.78 is 11.0. The molecule has 0 radical (unpaired) electrons. The fourth-order valence-corrected chi connectivity index (χ4v) is 2.37. The number of hydrogen-bond acceptors (Lipinski definition) is 3. The van der Waals surface area contributed by atoms with Crippen molar-refractivity contribution in [2.24, 2.45) is 0 Å². The molecule has 1 aliphatic heterocycles. The van der Waals surface area contributed by atoms with Gasteiger partial charge in [-0.25, -0.2) is 0 Å². The minimum Gasteiger partial charge on any atom is -0.459 e. The number of ether oxygens (including phenoxy) is 1. The fraction of sp³-hybridized carbons (Fsp3) is 0.312. The van der Waals surface area contributed by atoms with E-state index in [0.29, 0.717) is 25.5 Å². The lowest BCUT2D eigenvalue weighted by Crippen LogP contribution is -2.42. The van der Waals surface area contributed by atoms with Crippen molar-refractivity contribution in [2.45, 2.75) is 13.0 Å². The van der Waals surface area contributed by atoms with E-state index in [1.54, 1.807) is 17.0 Å². The van der Waals surface area contributed by atoms with Crippen LogP contribution < -0.4 is 0 Å². The van der Waals surface area contributed by atoms with Crippen LogP contribution in [0, 0.1) is 6.92 Å². The number of carbonyl (C=O) groups excluding carboxylic acids is 1. The van der Waals surface area contributed by atoms with Gasteiger partial charge in [-0.3, -0.25) is 4.79 Å². The Kier molecular flexibility index (Phi) is 3.56. The SMILES string of the molecule is Cc1ccc(C2CN(C(=O)c3ccco3)CCO2)cc1. The third-order valence-corrected chi connectivity index (χ3v) is 3.53. The summed E-state index contributed by atoms with van der Waals surface area (Å²) in [6.07, 6.45) is 1.45. The number of aryl methyl sites for hydroxylation is 1. The lowest BCUT2D eigenvalue weighted by molar-refractivity contribution is -0.0237. The molecule has 4 heteroatoms. The molecule has 0 aliphatic carbocycles. The van der Waals surface area contributed by atoms with Crippen LogP contribution >= 0.6 is 0 Å². The van der Waals surface area contributed by atoms with Crippen molar-refractivity contribution in [1.82, 2.24) is 4.90 Å². The Morgan fingerprint density at radius 1 is 1.25 bits per heavy atom. The van der Waals surface area contributed by atoms with Crippen LogP contribution in [0.2, 0.25) is 0 Å². The second-order valence-corrected chi connectivity index (χ2v) is 5.00. The molecule has 3 rings (SSSR count). The van der Waals surface area contributed by atoms with E-state index in [1.807, 2.05) is 0 Å². The van der Waals surface area contributed by atoms with Crippen LogP contribution in [-0.2, 0) is 4.74 Å². The van der Waals surface area contributed by atoms with Gasteiger partial charge in [0.25, 0.3) is 5.91 Å². The molecule has 1 amide bonds. The molecule has 104 valence electrons. The Labute approximate surface area is 118 Å². The van der Waals surface area contributed by atoms with Crippen LogP contribution in [0.4, 0.5) is 0 Å². The van der Waals surface area contributed by atoms with Gasteiger partial charge >= 0.3 is 0 Å². The topological polar surface area (TPSA) is 42.7 Å². The second kappa shape index (κ2) is 5.51. The third-order valence-electron chi connectivity index (χ3n) is 3.53. The molecule has 1 unspecified atom stereocenters. The van der Waals surface area contributed by atoms with Crippen LogP contribution in [0.1, 0.15) is 27.8 Å². The predicted octanol–water partition coefficient (Wildman–Crippen LogP) is 2.80. The number of morpholine rings is 1. The van der Waals surface area contributed by atoms with Gasteiger partial charge in [-0.15, -0.1) is 0 Å². The first kappa shape index (κ1) is 12.9. The molecule has 1 atom stereocenters. The second-order valence-electron chi connectivity index (χ2n) is 5.00. The monoisotopic (exact) mass is 271 g/mol. The normalized spacial score (nSPS) is 19.1. The minimum absolute atomic E-state index is 0.0664. The molecule has 1 aromatic carbocycles. The number of benzene rings is 1. The van der Waals surface area contributed by atoms with Crippen LogP contribution in [0.15, 0.2) is 47.1 Å². The van der Waals surface area contributed by atoms with E-state index in [9.17, 15) is 4.79 Å². The number of amides is 1. The van der Waals surface area contributed by atoms with Gasteiger partial charge in [-0.2, -0.15) is 0 Å². The van der Waals surface area contributed by atoms with E-state index in [-0.39, 0.29) is 12.0 Å². The highest BCUT2D eigenvalue weighted by atomic mass is 16.5. The summed E-state index contributed by atoms with van der Waals surface area (Å²) in [5.41, 5.74) is 2.32. The van der Waals surface area contributed by atoms with Crippen LogP contribution in [-0.4, -0.2) is 30.5 Å². The molecular formula is C16H17NO3. The largest absolute Gasteiger partial charge is 0.459 e. The van der Waals surface area contributed by atoms with Gasteiger partial charge in [0.05, 0.1) is 19.4 Å². The van der Waals surface area contributed by atoms with Gasteiger partial charge in [0.2, 0.25) is 0 Å². The van der Waals surface area contributed by atoms with Crippen molar-refractivity contribution >= 4 is 5.91 Å². The van der Waals surface area contributed by atoms with Crippen molar-refractivity contribution in [3.05, 3.63) is 59.5 Å². The zero-order valence-corrected chi connectivity index (χ0v) is 11.4. The van der Waals surface area contributed by atoms with E-state index < -0.39 is 0 Å². The summed E-state index contributed by atoms with van der Waals surface area (Å²) in [6.45, 7) is 3.76. The van der Waals surface area contributed by atoms with Gasteiger partial charge in [0.15, 0.2) is 5.76 Å². The fourth-order valence-electron chi connectivity index (χ4n) is 2.37. The van der Waals surface area contributed by atoms with Crippen molar-refractivity contribution in [3.8, 4) is 0 Å². The highest BCUT2D eigenvalue weighted by Crippen LogP contribution is 2.23. The number of hydrogen-bond donors (Lipinski definition) is 0. The van der Waals surface area contributed by atoms with Crippen molar-refractivity contribution in [2.75, 3.05) is 19.7 Å². The first-order chi connectivity index (χ1) is 9.74. The average molecular weight is 271 g/mol. The first-order valence-electron chi connectivity index (χ1n) is 6.75. The maximum absolute atomic E-state index is 12.3. The first-order valence-corrected chi connectivity index (χ1v) is 6.75. The van der Waals surface area contributed by atoms with Gasteiger partial charge < -0.3 is 14.1 Å². The highest BCUT2D eigenvalue weighted by molar-refractivity contribution is 5.91. The molecule has 1 aliphatic rings. The Bertz CT molecular complexity index is 574. The highest BCUT2D eigenvalue weighted by Gasteiger charge is 2.27. The molecule has 2 aromatic rings. The molecule has 0 N–H and O–H groups in total. The van der Waals surface area contributed by atoms with Crippen LogP contribution in [0.3, 0.4) is 0 Å². The van der Waals surface area contributed by atoms with Crippen LogP contribution in [0.25, 0.3) is 0 Å². The Morgan fingerprint density at radius 2 is 2.05 bits per heavy atom. The number of furan rings is 1. The lowest BCUT2D eigenvalue weighted by Gasteiger charge is -2.32. The average Bonchev–Trinajstić information content (AvgIpc) is 3.01. The maximum Gasteiger partial charge on any atom is 0.289 e. The van der Waals surface area contributed by atoms with E-state index >= 15 is 0 Å². The molecule has 20 heavy (non-hydrogen) atoms. The van der Waals surface area contributed by atoms with E-state index in [2.05, 4.69) is 31.2 Å².